The number of carbonyl (C=O) groups excluding carboxylic acids is 1. The SMILES string of the molecule is CCCCCCCCCCCC(=O)O[C@H]1C[C@H](n2cc(C)c(=O)[nH]c2=O)O[C@@H]1COC(c1ccccc1)(c1ccc(OC)cc1)c1ccc(OC)cc1. The Morgan fingerprint density at radius 3 is 1.91 bits per heavy atom. The average molecular weight is 727 g/mol. The number of carbonyl (C=O) groups is 1. The lowest BCUT2D eigenvalue weighted by atomic mass is 9.80. The maximum Gasteiger partial charge on any atom is 0.330 e. The summed E-state index contributed by atoms with van der Waals surface area (Å²) in [5, 5.41) is 0. The first-order valence-corrected chi connectivity index (χ1v) is 18.9. The number of rotatable bonds is 20. The summed E-state index contributed by atoms with van der Waals surface area (Å²) in [5.41, 5.74) is 0.746. The third-order valence-electron chi connectivity index (χ3n) is 10.0. The smallest absolute Gasteiger partial charge is 0.330 e. The zero-order valence-electron chi connectivity index (χ0n) is 31.5. The number of hydrogen-bond donors (Lipinski definition) is 1. The standard InChI is InChI=1S/C43H54N2O8/c1-5-6-7-8-9-10-11-12-16-19-40(46)53-37-28-39(45-29-31(2)41(47)44-42(45)48)52-38(37)30-51-43(32-17-14-13-15-18-32,33-20-24-35(49-3)25-21-33)34-22-26-36(50-4)27-23-34/h13-15,17-18,20-27,29,37-39H,5-12,16,19,28,30H2,1-4H3,(H,44,47,48)/t37-,38+,39+/m0/s1. The summed E-state index contributed by atoms with van der Waals surface area (Å²) in [6, 6.07) is 25.4. The Balaban J connectivity index is 1.41. The zero-order chi connectivity index (χ0) is 37.6. The van der Waals surface area contributed by atoms with Crippen LogP contribution in [-0.4, -0.2) is 48.6 Å². The third kappa shape index (κ3) is 10.1. The van der Waals surface area contributed by atoms with Gasteiger partial charge in [0, 0.05) is 24.6 Å². The van der Waals surface area contributed by atoms with Gasteiger partial charge in [0.15, 0.2) is 0 Å². The van der Waals surface area contributed by atoms with Crippen molar-refractivity contribution < 1.29 is 28.5 Å². The third-order valence-corrected chi connectivity index (χ3v) is 10.0. The molecule has 0 unspecified atom stereocenters. The molecule has 284 valence electrons. The molecule has 1 aromatic heterocycles. The van der Waals surface area contributed by atoms with E-state index in [1.807, 2.05) is 78.9 Å². The number of nitrogens with one attached hydrogen (secondary N) is 1. The zero-order valence-corrected chi connectivity index (χ0v) is 31.5. The Morgan fingerprint density at radius 1 is 0.792 bits per heavy atom. The minimum atomic E-state index is -1.13. The van der Waals surface area contributed by atoms with E-state index in [1.54, 1.807) is 21.1 Å². The molecule has 10 heteroatoms. The van der Waals surface area contributed by atoms with Gasteiger partial charge in [0.2, 0.25) is 0 Å². The van der Waals surface area contributed by atoms with Gasteiger partial charge in [-0.25, -0.2) is 4.79 Å². The van der Waals surface area contributed by atoms with Gasteiger partial charge in [0.1, 0.15) is 35.5 Å². The molecular weight excluding hydrogens is 672 g/mol. The Kier molecular flexibility index (Phi) is 14.5. The van der Waals surface area contributed by atoms with Crippen molar-refractivity contribution in [2.24, 2.45) is 0 Å². The maximum atomic E-state index is 13.3. The van der Waals surface area contributed by atoms with Crippen molar-refractivity contribution in [3.05, 3.63) is 128 Å². The second-order valence-corrected chi connectivity index (χ2v) is 13.8. The lowest BCUT2D eigenvalue weighted by Gasteiger charge is -2.37. The minimum absolute atomic E-state index is 0.0104. The molecule has 1 fully saturated rings. The number of ether oxygens (including phenoxy) is 5. The van der Waals surface area contributed by atoms with Gasteiger partial charge in [0.25, 0.3) is 5.56 Å². The summed E-state index contributed by atoms with van der Waals surface area (Å²) in [6.45, 7) is 3.86. The predicted molar refractivity (Wildman–Crippen MR) is 205 cm³/mol. The first-order valence-electron chi connectivity index (χ1n) is 18.9. The molecule has 0 spiro atoms. The monoisotopic (exact) mass is 726 g/mol. The van der Waals surface area contributed by atoms with E-state index < -0.39 is 35.3 Å². The Hall–Kier alpha value is -4.67. The van der Waals surface area contributed by atoms with Crippen LogP contribution in [0.25, 0.3) is 0 Å². The molecule has 5 rings (SSSR count). The van der Waals surface area contributed by atoms with Gasteiger partial charge in [-0.05, 0) is 54.3 Å². The quantitative estimate of drug-likeness (QED) is 0.0554. The van der Waals surface area contributed by atoms with E-state index in [9.17, 15) is 14.4 Å². The van der Waals surface area contributed by atoms with Crippen LogP contribution >= 0.6 is 0 Å². The van der Waals surface area contributed by atoms with Gasteiger partial charge < -0.3 is 23.7 Å². The lowest BCUT2D eigenvalue weighted by Crippen LogP contribution is -2.39. The maximum absolute atomic E-state index is 13.3. The van der Waals surface area contributed by atoms with Crippen LogP contribution in [0.2, 0.25) is 0 Å². The highest BCUT2D eigenvalue weighted by Gasteiger charge is 2.44. The van der Waals surface area contributed by atoms with Crippen LogP contribution in [0.4, 0.5) is 0 Å². The van der Waals surface area contributed by atoms with Crippen LogP contribution in [0.3, 0.4) is 0 Å². The van der Waals surface area contributed by atoms with Gasteiger partial charge in [0.05, 0.1) is 20.8 Å². The van der Waals surface area contributed by atoms with Gasteiger partial charge in [-0.3, -0.25) is 19.1 Å². The van der Waals surface area contributed by atoms with E-state index in [2.05, 4.69) is 11.9 Å². The average Bonchev–Trinajstić information content (AvgIpc) is 3.58. The Bertz CT molecular complexity index is 1790. The van der Waals surface area contributed by atoms with E-state index in [0.29, 0.717) is 23.5 Å². The first-order chi connectivity index (χ1) is 25.8. The number of aromatic amines is 1. The molecule has 1 saturated heterocycles. The molecule has 53 heavy (non-hydrogen) atoms. The molecule has 0 amide bonds. The highest BCUT2D eigenvalue weighted by molar-refractivity contribution is 5.69. The molecule has 10 nitrogen and oxygen atoms in total. The van der Waals surface area contributed by atoms with E-state index in [4.69, 9.17) is 23.7 Å². The summed E-state index contributed by atoms with van der Waals surface area (Å²) in [6.07, 6.45) is 10.1. The van der Waals surface area contributed by atoms with E-state index in [1.165, 1.54) is 49.3 Å². The lowest BCUT2D eigenvalue weighted by molar-refractivity contribution is -0.156. The van der Waals surface area contributed by atoms with Crippen molar-refractivity contribution >= 4 is 5.97 Å². The van der Waals surface area contributed by atoms with Crippen LogP contribution in [0, 0.1) is 6.92 Å². The fourth-order valence-electron chi connectivity index (χ4n) is 7.03. The molecule has 1 aliphatic heterocycles. The van der Waals surface area contributed by atoms with Crippen molar-refractivity contribution in [1.29, 1.82) is 0 Å². The number of aromatic nitrogens is 2. The van der Waals surface area contributed by atoms with Crippen LogP contribution < -0.4 is 20.7 Å². The van der Waals surface area contributed by atoms with E-state index in [0.717, 1.165) is 36.0 Å². The first kappa shape index (κ1) is 39.5. The van der Waals surface area contributed by atoms with Crippen molar-refractivity contribution in [2.75, 3.05) is 20.8 Å². The fourth-order valence-corrected chi connectivity index (χ4v) is 7.03. The van der Waals surface area contributed by atoms with Crippen LogP contribution in [-0.2, 0) is 24.6 Å². The van der Waals surface area contributed by atoms with Crippen molar-refractivity contribution in [3.8, 4) is 11.5 Å². The molecule has 0 saturated carbocycles. The fraction of sp³-hybridized carbons (Fsp3) is 0.465. The number of unbranched alkanes of at least 4 members (excludes halogenated alkanes) is 8. The van der Waals surface area contributed by atoms with E-state index >= 15 is 0 Å². The Morgan fingerprint density at radius 2 is 1.34 bits per heavy atom. The van der Waals surface area contributed by atoms with Crippen LogP contribution in [0.15, 0.2) is 94.6 Å². The largest absolute Gasteiger partial charge is 0.497 e. The molecule has 0 aliphatic carbocycles. The highest BCUT2D eigenvalue weighted by atomic mass is 16.6. The molecule has 3 aromatic carbocycles. The number of H-pyrrole nitrogens is 1. The highest BCUT2D eigenvalue weighted by Crippen LogP contribution is 2.43. The molecule has 2 heterocycles. The number of nitrogens with zero attached hydrogens (tertiary/aromatic N) is 1. The number of esters is 1. The number of methoxy groups -OCH3 is 2. The van der Waals surface area contributed by atoms with Gasteiger partial charge >= 0.3 is 11.7 Å². The summed E-state index contributed by atoms with van der Waals surface area (Å²) in [4.78, 5) is 40.8. The van der Waals surface area contributed by atoms with Crippen molar-refractivity contribution in [2.45, 2.75) is 109 Å². The normalized spacial score (nSPS) is 17.1. The second kappa shape index (κ2) is 19.4. The van der Waals surface area contributed by atoms with Gasteiger partial charge in [-0.2, -0.15) is 0 Å². The molecule has 1 aliphatic rings. The van der Waals surface area contributed by atoms with Gasteiger partial charge in [-0.15, -0.1) is 0 Å². The Labute approximate surface area is 312 Å². The second-order valence-electron chi connectivity index (χ2n) is 13.8. The summed E-state index contributed by atoms with van der Waals surface area (Å²) < 4.78 is 32.1. The molecule has 3 atom stereocenters. The molecular formula is C43H54N2O8. The number of aryl methyl sites for hydroxylation is 1. The minimum Gasteiger partial charge on any atom is -0.497 e. The molecule has 0 radical (unpaired) electrons. The van der Waals surface area contributed by atoms with Gasteiger partial charge in [-0.1, -0.05) is 113 Å². The van der Waals surface area contributed by atoms with E-state index in [-0.39, 0.29) is 19.0 Å². The van der Waals surface area contributed by atoms with Crippen molar-refractivity contribution in [3.63, 3.8) is 0 Å². The number of benzene rings is 3. The molecule has 1 N–H and O–H groups in total. The predicted octanol–water partition coefficient (Wildman–Crippen LogP) is 7.99. The summed E-state index contributed by atoms with van der Waals surface area (Å²) in [7, 11) is 3.25. The van der Waals surface area contributed by atoms with Crippen molar-refractivity contribution in [1.82, 2.24) is 9.55 Å². The number of hydrogen-bond acceptors (Lipinski definition) is 8. The van der Waals surface area contributed by atoms with Crippen LogP contribution in [0.5, 0.6) is 11.5 Å². The summed E-state index contributed by atoms with van der Waals surface area (Å²) >= 11 is 0. The topological polar surface area (TPSA) is 118 Å². The molecule has 4 aromatic rings. The molecule has 0 bridgehead atoms. The summed E-state index contributed by atoms with van der Waals surface area (Å²) in [5.74, 6) is 1.10. The van der Waals surface area contributed by atoms with Crippen LogP contribution in [0.1, 0.15) is 106 Å².